The number of thiophene rings is 1. The minimum Gasteiger partial charge on any atom is -0.308 e. The minimum absolute atomic E-state index is 0.165. The number of rotatable bonds is 3. The number of thiazole rings is 1. The summed E-state index contributed by atoms with van der Waals surface area (Å²) < 4.78 is 0. The average molecular weight is 273 g/mol. The molecule has 0 bridgehead atoms. The molecular formula is C11H13ClN2S2. The number of nitrogens with one attached hydrogen (secondary N) is 1. The molecule has 0 aliphatic rings. The topological polar surface area (TPSA) is 24.9 Å². The summed E-state index contributed by atoms with van der Waals surface area (Å²) in [6.07, 6.45) is 0. The Labute approximate surface area is 108 Å². The van der Waals surface area contributed by atoms with E-state index in [1.165, 1.54) is 4.88 Å². The third-order valence-electron chi connectivity index (χ3n) is 2.40. The van der Waals surface area contributed by atoms with Gasteiger partial charge in [0.25, 0.3) is 0 Å². The van der Waals surface area contributed by atoms with Crippen molar-refractivity contribution < 1.29 is 0 Å². The summed E-state index contributed by atoms with van der Waals surface area (Å²) in [4.78, 5) is 6.88. The first-order valence-corrected chi connectivity index (χ1v) is 7.05. The van der Waals surface area contributed by atoms with Crippen molar-refractivity contribution in [3.8, 4) is 0 Å². The molecule has 0 spiro atoms. The lowest BCUT2D eigenvalue weighted by Crippen LogP contribution is -2.16. The molecule has 1 unspecified atom stereocenters. The zero-order chi connectivity index (χ0) is 11.7. The average Bonchev–Trinajstić information content (AvgIpc) is 2.77. The fourth-order valence-electron chi connectivity index (χ4n) is 1.71. The zero-order valence-corrected chi connectivity index (χ0v) is 11.8. The normalized spacial score (nSPS) is 13.0. The van der Waals surface area contributed by atoms with Crippen LogP contribution in [0.15, 0.2) is 11.4 Å². The molecule has 1 atom stereocenters. The van der Waals surface area contributed by atoms with Gasteiger partial charge >= 0.3 is 0 Å². The Morgan fingerprint density at radius 1 is 1.38 bits per heavy atom. The van der Waals surface area contributed by atoms with Gasteiger partial charge in [-0.05, 0) is 32.3 Å². The van der Waals surface area contributed by atoms with Gasteiger partial charge in [0.15, 0.2) is 0 Å². The van der Waals surface area contributed by atoms with Crippen LogP contribution in [-0.2, 0) is 0 Å². The van der Waals surface area contributed by atoms with Gasteiger partial charge in [0.05, 0.1) is 21.8 Å². The molecule has 2 aromatic rings. The molecule has 0 radical (unpaired) electrons. The van der Waals surface area contributed by atoms with E-state index in [1.807, 2.05) is 32.3 Å². The van der Waals surface area contributed by atoms with Crippen LogP contribution in [0, 0.1) is 13.8 Å². The molecule has 0 amide bonds. The van der Waals surface area contributed by atoms with Crippen molar-refractivity contribution in [2.24, 2.45) is 0 Å². The maximum atomic E-state index is 6.18. The van der Waals surface area contributed by atoms with E-state index in [2.05, 4.69) is 10.3 Å². The van der Waals surface area contributed by atoms with Crippen LogP contribution in [0.2, 0.25) is 5.02 Å². The molecule has 0 fully saturated rings. The molecule has 1 N–H and O–H groups in total. The molecule has 0 aromatic carbocycles. The van der Waals surface area contributed by atoms with Gasteiger partial charge in [-0.1, -0.05) is 11.6 Å². The number of aromatic nitrogens is 1. The van der Waals surface area contributed by atoms with Crippen LogP contribution in [-0.4, -0.2) is 12.0 Å². The van der Waals surface area contributed by atoms with E-state index in [1.54, 1.807) is 22.7 Å². The van der Waals surface area contributed by atoms with E-state index < -0.39 is 0 Å². The SMILES string of the molecule is CNC(c1sccc1Cl)c1sc(C)nc1C. The van der Waals surface area contributed by atoms with Crippen molar-refractivity contribution in [3.05, 3.63) is 36.9 Å². The molecule has 0 saturated carbocycles. The third kappa shape index (κ3) is 2.15. The van der Waals surface area contributed by atoms with Gasteiger partial charge in [-0.3, -0.25) is 0 Å². The maximum absolute atomic E-state index is 6.18. The Bertz CT molecular complexity index is 490. The lowest BCUT2D eigenvalue weighted by atomic mass is 10.2. The number of hydrogen-bond donors (Lipinski definition) is 1. The van der Waals surface area contributed by atoms with Crippen molar-refractivity contribution in [2.75, 3.05) is 7.05 Å². The number of hydrogen-bond acceptors (Lipinski definition) is 4. The quantitative estimate of drug-likeness (QED) is 0.920. The van der Waals surface area contributed by atoms with Crippen LogP contribution < -0.4 is 5.32 Å². The van der Waals surface area contributed by atoms with E-state index in [9.17, 15) is 0 Å². The predicted octanol–water partition coefficient (Wildman–Crippen LogP) is 3.78. The van der Waals surface area contributed by atoms with Crippen LogP contribution in [0.3, 0.4) is 0 Å². The minimum atomic E-state index is 0.165. The Morgan fingerprint density at radius 2 is 2.12 bits per heavy atom. The molecule has 0 aliphatic carbocycles. The molecule has 0 aliphatic heterocycles. The fraction of sp³-hybridized carbons (Fsp3) is 0.364. The molecule has 0 saturated heterocycles. The summed E-state index contributed by atoms with van der Waals surface area (Å²) >= 11 is 9.58. The Hall–Kier alpha value is -0.420. The van der Waals surface area contributed by atoms with Crippen LogP contribution in [0.4, 0.5) is 0 Å². The summed E-state index contributed by atoms with van der Waals surface area (Å²) in [5.74, 6) is 0. The van der Waals surface area contributed by atoms with E-state index in [-0.39, 0.29) is 6.04 Å². The van der Waals surface area contributed by atoms with E-state index in [4.69, 9.17) is 11.6 Å². The smallest absolute Gasteiger partial charge is 0.0900 e. The first-order chi connectivity index (χ1) is 7.63. The van der Waals surface area contributed by atoms with Crippen LogP contribution in [0.5, 0.6) is 0 Å². The van der Waals surface area contributed by atoms with Crippen molar-refractivity contribution in [1.29, 1.82) is 0 Å². The monoisotopic (exact) mass is 272 g/mol. The van der Waals surface area contributed by atoms with Gasteiger partial charge in [-0.2, -0.15) is 0 Å². The van der Waals surface area contributed by atoms with Gasteiger partial charge < -0.3 is 5.32 Å². The molecule has 2 nitrogen and oxygen atoms in total. The Kier molecular flexibility index (Phi) is 3.64. The largest absolute Gasteiger partial charge is 0.308 e. The van der Waals surface area contributed by atoms with Crippen molar-refractivity contribution in [3.63, 3.8) is 0 Å². The van der Waals surface area contributed by atoms with E-state index in [0.29, 0.717) is 0 Å². The lowest BCUT2D eigenvalue weighted by Gasteiger charge is -2.14. The first kappa shape index (κ1) is 12.0. The molecule has 86 valence electrons. The summed E-state index contributed by atoms with van der Waals surface area (Å²) in [6.45, 7) is 4.08. The second-order valence-corrected chi connectivity index (χ2v) is 6.13. The summed E-state index contributed by atoms with van der Waals surface area (Å²) in [7, 11) is 1.95. The number of aryl methyl sites for hydroxylation is 2. The van der Waals surface area contributed by atoms with Gasteiger partial charge in [-0.25, -0.2) is 4.98 Å². The summed E-state index contributed by atoms with van der Waals surface area (Å²) in [5.41, 5.74) is 1.09. The molecule has 2 rings (SSSR count). The molecule has 16 heavy (non-hydrogen) atoms. The molecule has 2 aromatic heterocycles. The lowest BCUT2D eigenvalue weighted by molar-refractivity contribution is 0.710. The second kappa shape index (κ2) is 4.84. The van der Waals surface area contributed by atoms with Gasteiger partial charge in [-0.15, -0.1) is 22.7 Å². The van der Waals surface area contributed by atoms with Crippen molar-refractivity contribution in [2.45, 2.75) is 19.9 Å². The molecule has 5 heteroatoms. The van der Waals surface area contributed by atoms with Crippen LogP contribution in [0.1, 0.15) is 26.5 Å². The second-order valence-electron chi connectivity index (χ2n) is 3.54. The van der Waals surface area contributed by atoms with Gasteiger partial charge in [0.1, 0.15) is 0 Å². The predicted molar refractivity (Wildman–Crippen MR) is 71.8 cm³/mol. The highest BCUT2D eigenvalue weighted by atomic mass is 35.5. The zero-order valence-electron chi connectivity index (χ0n) is 9.37. The highest BCUT2D eigenvalue weighted by Crippen LogP contribution is 2.36. The van der Waals surface area contributed by atoms with E-state index in [0.717, 1.165) is 20.6 Å². The Balaban J connectivity index is 2.44. The highest BCUT2D eigenvalue weighted by Gasteiger charge is 2.21. The molecular weight excluding hydrogens is 260 g/mol. The highest BCUT2D eigenvalue weighted by molar-refractivity contribution is 7.13. The van der Waals surface area contributed by atoms with Crippen LogP contribution >= 0.6 is 34.3 Å². The third-order valence-corrected chi connectivity index (χ3v) is 4.96. The molecule has 2 heterocycles. The Morgan fingerprint density at radius 3 is 2.56 bits per heavy atom. The fourth-order valence-corrected chi connectivity index (χ4v) is 4.11. The van der Waals surface area contributed by atoms with E-state index >= 15 is 0 Å². The first-order valence-electron chi connectivity index (χ1n) is 4.97. The number of halogens is 1. The van der Waals surface area contributed by atoms with Crippen molar-refractivity contribution >= 4 is 34.3 Å². The van der Waals surface area contributed by atoms with Gasteiger partial charge in [0, 0.05) is 9.75 Å². The standard InChI is InChI=1S/C11H13ClN2S2/c1-6-10(16-7(2)14-6)9(13-3)11-8(12)4-5-15-11/h4-5,9,13H,1-3H3. The maximum Gasteiger partial charge on any atom is 0.0900 e. The van der Waals surface area contributed by atoms with Gasteiger partial charge in [0.2, 0.25) is 0 Å². The summed E-state index contributed by atoms with van der Waals surface area (Å²) in [6, 6.07) is 2.11. The van der Waals surface area contributed by atoms with Crippen LogP contribution in [0.25, 0.3) is 0 Å². The number of nitrogens with zero attached hydrogens (tertiary/aromatic N) is 1. The van der Waals surface area contributed by atoms with Crippen molar-refractivity contribution in [1.82, 2.24) is 10.3 Å². The summed E-state index contributed by atoms with van der Waals surface area (Å²) in [5, 5.41) is 7.26.